The van der Waals surface area contributed by atoms with Crippen molar-refractivity contribution in [3.63, 3.8) is 0 Å². The van der Waals surface area contributed by atoms with Gasteiger partial charge in [0.05, 0.1) is 5.56 Å². The van der Waals surface area contributed by atoms with Crippen molar-refractivity contribution in [1.82, 2.24) is 4.98 Å². The lowest BCUT2D eigenvalue weighted by Crippen LogP contribution is -1.99. The second-order valence-corrected chi connectivity index (χ2v) is 4.03. The van der Waals surface area contributed by atoms with Gasteiger partial charge in [-0.15, -0.1) is 0 Å². The summed E-state index contributed by atoms with van der Waals surface area (Å²) in [6.07, 6.45) is 3.54. The number of aromatic nitrogens is 1. The molecular weight excluding hydrogens is 214 g/mol. The predicted octanol–water partition coefficient (Wildman–Crippen LogP) is 3.06. The first-order chi connectivity index (χ1) is 8.09. The Morgan fingerprint density at radius 1 is 1.18 bits per heavy atom. The summed E-state index contributed by atoms with van der Waals surface area (Å²) in [6, 6.07) is 7.28. The van der Waals surface area contributed by atoms with Crippen LogP contribution in [0.3, 0.4) is 0 Å². The Bertz CT molecular complexity index is 576. The van der Waals surface area contributed by atoms with Crippen molar-refractivity contribution in [2.75, 3.05) is 0 Å². The molecule has 1 N–H and O–H groups in total. The number of rotatable bonds is 2. The summed E-state index contributed by atoms with van der Waals surface area (Å²) in [7, 11) is 0. The van der Waals surface area contributed by atoms with E-state index in [9.17, 15) is 4.79 Å². The van der Waals surface area contributed by atoms with Crippen molar-refractivity contribution < 1.29 is 9.90 Å². The number of carbonyl (C=O) groups is 1. The van der Waals surface area contributed by atoms with Gasteiger partial charge in [-0.2, -0.15) is 0 Å². The van der Waals surface area contributed by atoms with Gasteiger partial charge in [0.2, 0.25) is 0 Å². The Hall–Kier alpha value is -2.16. The number of hydrogen-bond donors (Lipinski definition) is 1. The van der Waals surface area contributed by atoms with Gasteiger partial charge in [-0.3, -0.25) is 4.98 Å². The zero-order chi connectivity index (χ0) is 12.4. The highest BCUT2D eigenvalue weighted by Gasteiger charge is 2.09. The Kier molecular flexibility index (Phi) is 2.91. The Balaban J connectivity index is 2.52. The molecule has 0 aliphatic rings. The monoisotopic (exact) mass is 227 g/mol. The van der Waals surface area contributed by atoms with Gasteiger partial charge >= 0.3 is 5.97 Å². The molecule has 3 nitrogen and oxygen atoms in total. The van der Waals surface area contributed by atoms with E-state index in [1.807, 2.05) is 25.1 Å². The molecule has 0 spiro atoms. The summed E-state index contributed by atoms with van der Waals surface area (Å²) in [5.41, 5.74) is 4.27. The normalized spacial score (nSPS) is 10.2. The molecule has 0 aliphatic heterocycles. The van der Waals surface area contributed by atoms with Crippen LogP contribution in [0, 0.1) is 13.8 Å². The first-order valence-electron chi connectivity index (χ1n) is 5.34. The summed E-state index contributed by atoms with van der Waals surface area (Å²) in [4.78, 5) is 15.0. The van der Waals surface area contributed by atoms with E-state index in [2.05, 4.69) is 4.98 Å². The van der Waals surface area contributed by atoms with Crippen molar-refractivity contribution in [3.05, 3.63) is 53.3 Å². The number of aromatic carboxylic acids is 1. The first-order valence-corrected chi connectivity index (χ1v) is 5.34. The molecular formula is C14H13NO2. The van der Waals surface area contributed by atoms with E-state index in [1.54, 1.807) is 25.4 Å². The molecule has 0 amide bonds. The summed E-state index contributed by atoms with van der Waals surface area (Å²) in [5, 5.41) is 8.97. The number of carboxylic acids is 1. The van der Waals surface area contributed by atoms with E-state index in [0.717, 1.165) is 22.3 Å². The molecule has 1 heterocycles. The molecule has 86 valence electrons. The zero-order valence-corrected chi connectivity index (χ0v) is 9.77. The molecule has 1 aromatic carbocycles. The van der Waals surface area contributed by atoms with Crippen molar-refractivity contribution in [1.29, 1.82) is 0 Å². The van der Waals surface area contributed by atoms with Gasteiger partial charge in [-0.05, 0) is 42.7 Å². The average Bonchev–Trinajstić information content (AvgIpc) is 2.29. The third-order valence-electron chi connectivity index (χ3n) is 2.81. The summed E-state index contributed by atoms with van der Waals surface area (Å²) >= 11 is 0. The van der Waals surface area contributed by atoms with Gasteiger partial charge in [0.25, 0.3) is 0 Å². The van der Waals surface area contributed by atoms with Crippen LogP contribution in [0.1, 0.15) is 21.5 Å². The van der Waals surface area contributed by atoms with Crippen LogP contribution in [-0.2, 0) is 0 Å². The molecule has 17 heavy (non-hydrogen) atoms. The highest BCUT2D eigenvalue weighted by molar-refractivity contribution is 5.90. The number of carboxylic acid groups (broad SMARTS) is 1. The highest BCUT2D eigenvalue weighted by atomic mass is 16.4. The third-order valence-corrected chi connectivity index (χ3v) is 2.81. The van der Waals surface area contributed by atoms with Crippen LogP contribution >= 0.6 is 0 Å². The highest BCUT2D eigenvalue weighted by Crippen LogP contribution is 2.24. The van der Waals surface area contributed by atoms with E-state index < -0.39 is 5.97 Å². The minimum Gasteiger partial charge on any atom is -0.478 e. The lowest BCUT2D eigenvalue weighted by Gasteiger charge is -2.07. The van der Waals surface area contributed by atoms with Crippen LogP contribution in [0.15, 0.2) is 36.7 Å². The van der Waals surface area contributed by atoms with Crippen molar-refractivity contribution in [3.8, 4) is 11.1 Å². The smallest absolute Gasteiger partial charge is 0.335 e. The van der Waals surface area contributed by atoms with E-state index >= 15 is 0 Å². The quantitative estimate of drug-likeness (QED) is 0.857. The Labute approximate surface area is 99.8 Å². The summed E-state index contributed by atoms with van der Waals surface area (Å²) < 4.78 is 0. The molecule has 0 saturated carbocycles. The van der Waals surface area contributed by atoms with E-state index in [1.165, 1.54) is 0 Å². The van der Waals surface area contributed by atoms with Gasteiger partial charge in [-0.1, -0.05) is 12.1 Å². The van der Waals surface area contributed by atoms with Crippen LogP contribution in [0.2, 0.25) is 0 Å². The van der Waals surface area contributed by atoms with Gasteiger partial charge < -0.3 is 5.11 Å². The first kappa shape index (κ1) is 11.3. The number of nitrogens with zero attached hydrogens (tertiary/aromatic N) is 1. The minimum atomic E-state index is -0.892. The molecule has 0 fully saturated rings. The van der Waals surface area contributed by atoms with Gasteiger partial charge in [0.1, 0.15) is 0 Å². The Morgan fingerprint density at radius 3 is 2.53 bits per heavy atom. The predicted molar refractivity (Wildman–Crippen MR) is 66.1 cm³/mol. The van der Waals surface area contributed by atoms with E-state index in [0.29, 0.717) is 5.56 Å². The zero-order valence-electron chi connectivity index (χ0n) is 9.77. The van der Waals surface area contributed by atoms with Crippen LogP contribution in [0.4, 0.5) is 0 Å². The second-order valence-electron chi connectivity index (χ2n) is 4.03. The molecule has 0 bridgehead atoms. The summed E-state index contributed by atoms with van der Waals surface area (Å²) in [5.74, 6) is -0.892. The minimum absolute atomic E-state index is 0.343. The molecule has 0 atom stereocenters. The third kappa shape index (κ3) is 2.18. The largest absolute Gasteiger partial charge is 0.478 e. The fourth-order valence-corrected chi connectivity index (χ4v) is 1.84. The lowest BCUT2D eigenvalue weighted by molar-refractivity contribution is 0.0696. The van der Waals surface area contributed by atoms with Crippen LogP contribution in [-0.4, -0.2) is 16.1 Å². The number of benzene rings is 1. The van der Waals surface area contributed by atoms with Crippen molar-refractivity contribution >= 4 is 5.97 Å². The molecule has 2 rings (SSSR count). The summed E-state index contributed by atoms with van der Waals surface area (Å²) in [6.45, 7) is 3.82. The molecule has 1 aromatic heterocycles. The average molecular weight is 227 g/mol. The maximum absolute atomic E-state index is 10.9. The fourth-order valence-electron chi connectivity index (χ4n) is 1.84. The molecule has 3 heteroatoms. The topological polar surface area (TPSA) is 50.2 Å². The molecule has 0 radical (unpaired) electrons. The van der Waals surface area contributed by atoms with E-state index in [-0.39, 0.29) is 0 Å². The fraction of sp³-hybridized carbons (Fsp3) is 0.143. The SMILES string of the molecule is Cc1cc(-c2cnccc2C)ccc1C(=O)O. The van der Waals surface area contributed by atoms with Gasteiger partial charge in [-0.25, -0.2) is 4.79 Å². The second kappa shape index (κ2) is 4.37. The maximum Gasteiger partial charge on any atom is 0.335 e. The lowest BCUT2D eigenvalue weighted by atomic mass is 9.98. The Morgan fingerprint density at radius 2 is 1.94 bits per heavy atom. The van der Waals surface area contributed by atoms with Crippen LogP contribution in [0.5, 0.6) is 0 Å². The molecule has 0 aliphatic carbocycles. The van der Waals surface area contributed by atoms with Crippen LogP contribution < -0.4 is 0 Å². The van der Waals surface area contributed by atoms with Crippen molar-refractivity contribution in [2.24, 2.45) is 0 Å². The number of hydrogen-bond acceptors (Lipinski definition) is 2. The maximum atomic E-state index is 10.9. The number of pyridine rings is 1. The number of aryl methyl sites for hydroxylation is 2. The van der Waals surface area contributed by atoms with Gasteiger partial charge in [0.15, 0.2) is 0 Å². The molecule has 0 unspecified atom stereocenters. The molecule has 0 saturated heterocycles. The molecule has 2 aromatic rings. The van der Waals surface area contributed by atoms with Crippen molar-refractivity contribution in [2.45, 2.75) is 13.8 Å². The van der Waals surface area contributed by atoms with Gasteiger partial charge in [0, 0.05) is 18.0 Å². The standard InChI is InChI=1S/C14H13NO2/c1-9-5-6-15-8-13(9)11-3-4-12(14(16)17)10(2)7-11/h3-8H,1-2H3,(H,16,17). The van der Waals surface area contributed by atoms with E-state index in [4.69, 9.17) is 5.11 Å². The van der Waals surface area contributed by atoms with Crippen LogP contribution in [0.25, 0.3) is 11.1 Å².